The predicted octanol–water partition coefficient (Wildman–Crippen LogP) is 0.972. The molecule has 0 radical (unpaired) electrons. The topological polar surface area (TPSA) is 95.6 Å². The molecular weight excluding hydrogens is 330 g/mol. The highest BCUT2D eigenvalue weighted by atomic mass is 32.2. The van der Waals surface area contributed by atoms with Gasteiger partial charge < -0.3 is 10.6 Å². The number of sulfonamides is 1. The minimum Gasteiger partial charge on any atom is -0.352 e. The number of nitrogens with zero attached hydrogens (tertiary/aromatic N) is 1. The lowest BCUT2D eigenvalue weighted by Crippen LogP contribution is -2.40. The van der Waals surface area contributed by atoms with Gasteiger partial charge in [0.05, 0.1) is 11.4 Å². The van der Waals surface area contributed by atoms with Crippen LogP contribution in [0.3, 0.4) is 0 Å². The van der Waals surface area contributed by atoms with Crippen molar-refractivity contribution in [2.24, 2.45) is 0 Å². The van der Waals surface area contributed by atoms with Gasteiger partial charge >= 0.3 is 0 Å². The van der Waals surface area contributed by atoms with Crippen LogP contribution in [0.5, 0.6) is 0 Å². The fourth-order valence-corrected chi connectivity index (χ4v) is 3.05. The average molecular weight is 355 g/mol. The Hall–Kier alpha value is -1.93. The van der Waals surface area contributed by atoms with Crippen LogP contribution < -0.4 is 10.6 Å². The fourth-order valence-electron chi connectivity index (χ4n) is 2.10. The van der Waals surface area contributed by atoms with Crippen molar-refractivity contribution in [2.75, 3.05) is 20.6 Å². The summed E-state index contributed by atoms with van der Waals surface area (Å²) in [5.74, 6) is -0.773. The zero-order valence-corrected chi connectivity index (χ0v) is 15.3. The Balaban J connectivity index is 2.71. The van der Waals surface area contributed by atoms with E-state index in [2.05, 4.69) is 10.6 Å². The minimum atomic E-state index is -3.61. The van der Waals surface area contributed by atoms with Crippen LogP contribution >= 0.6 is 0 Å². The van der Waals surface area contributed by atoms with E-state index in [4.69, 9.17) is 0 Å². The van der Waals surface area contributed by atoms with E-state index in [1.165, 1.54) is 38.4 Å². The number of hydrogen-bond acceptors (Lipinski definition) is 4. The van der Waals surface area contributed by atoms with Crippen molar-refractivity contribution in [2.45, 2.75) is 37.6 Å². The van der Waals surface area contributed by atoms with Gasteiger partial charge in [0.25, 0.3) is 5.91 Å². The number of rotatable bonds is 8. The Labute approximate surface area is 143 Å². The van der Waals surface area contributed by atoms with Gasteiger partial charge in [-0.15, -0.1) is 0 Å². The molecule has 0 heterocycles. The molecule has 1 aromatic carbocycles. The Morgan fingerprint density at radius 1 is 1.25 bits per heavy atom. The Morgan fingerprint density at radius 3 is 2.50 bits per heavy atom. The summed E-state index contributed by atoms with van der Waals surface area (Å²) in [6.45, 7) is 3.77. The van der Waals surface area contributed by atoms with E-state index in [1.807, 2.05) is 13.8 Å². The maximum absolute atomic E-state index is 12.1. The van der Waals surface area contributed by atoms with Crippen molar-refractivity contribution in [3.63, 3.8) is 0 Å². The molecule has 2 amide bonds. The Morgan fingerprint density at radius 2 is 1.92 bits per heavy atom. The van der Waals surface area contributed by atoms with Crippen LogP contribution in [-0.2, 0) is 14.8 Å². The quantitative estimate of drug-likeness (QED) is 0.726. The monoisotopic (exact) mass is 355 g/mol. The summed E-state index contributed by atoms with van der Waals surface area (Å²) in [5, 5.41) is 5.28. The molecule has 2 N–H and O–H groups in total. The number of amides is 2. The van der Waals surface area contributed by atoms with E-state index in [0.29, 0.717) is 0 Å². The van der Waals surface area contributed by atoms with Gasteiger partial charge in [-0.05, 0) is 31.5 Å². The minimum absolute atomic E-state index is 0.0289. The van der Waals surface area contributed by atoms with Gasteiger partial charge in [0.2, 0.25) is 15.9 Å². The lowest BCUT2D eigenvalue weighted by atomic mass is 10.2. The summed E-state index contributed by atoms with van der Waals surface area (Å²) in [6, 6.07) is 5.76. The van der Waals surface area contributed by atoms with Gasteiger partial charge in [-0.1, -0.05) is 19.4 Å². The molecule has 0 aliphatic heterocycles. The standard InChI is InChI=1S/C16H25N3O4S/c1-5-7-12(2)18-15(20)11-17-16(21)13-8-6-9-14(10-13)24(22,23)19(3)4/h6,8-10,12H,5,7,11H2,1-4H3,(H,17,21)(H,18,20). The normalized spacial score (nSPS) is 12.7. The van der Waals surface area contributed by atoms with Crippen molar-refractivity contribution in [1.82, 2.24) is 14.9 Å². The molecule has 0 aliphatic carbocycles. The summed E-state index contributed by atoms with van der Waals surface area (Å²) in [7, 11) is -0.771. The highest BCUT2D eigenvalue weighted by Crippen LogP contribution is 2.14. The summed E-state index contributed by atoms with van der Waals surface area (Å²) < 4.78 is 25.2. The molecule has 0 saturated heterocycles. The molecule has 134 valence electrons. The second-order valence-electron chi connectivity index (χ2n) is 5.76. The smallest absolute Gasteiger partial charge is 0.251 e. The van der Waals surface area contributed by atoms with E-state index in [1.54, 1.807) is 0 Å². The Kier molecular flexibility index (Phi) is 7.37. The third kappa shape index (κ3) is 5.61. The van der Waals surface area contributed by atoms with Gasteiger partial charge in [-0.2, -0.15) is 0 Å². The highest BCUT2D eigenvalue weighted by Gasteiger charge is 2.19. The molecule has 0 aromatic heterocycles. The van der Waals surface area contributed by atoms with Gasteiger partial charge in [0, 0.05) is 25.7 Å². The van der Waals surface area contributed by atoms with E-state index >= 15 is 0 Å². The van der Waals surface area contributed by atoms with Crippen LogP contribution in [0.25, 0.3) is 0 Å². The largest absolute Gasteiger partial charge is 0.352 e. The van der Waals surface area contributed by atoms with E-state index in [-0.39, 0.29) is 29.0 Å². The Bertz CT molecular complexity index is 686. The van der Waals surface area contributed by atoms with Crippen LogP contribution in [0.4, 0.5) is 0 Å². The molecule has 0 bridgehead atoms. The highest BCUT2D eigenvalue weighted by molar-refractivity contribution is 7.89. The summed E-state index contributed by atoms with van der Waals surface area (Å²) >= 11 is 0. The molecule has 0 aliphatic rings. The second-order valence-corrected chi connectivity index (χ2v) is 7.91. The number of carbonyl (C=O) groups excluding carboxylic acids is 2. The molecule has 7 nitrogen and oxygen atoms in total. The summed E-state index contributed by atoms with van der Waals surface area (Å²) in [4.78, 5) is 23.9. The van der Waals surface area contributed by atoms with Gasteiger partial charge in [0.15, 0.2) is 0 Å². The molecular formula is C16H25N3O4S. The van der Waals surface area contributed by atoms with Gasteiger partial charge in [-0.3, -0.25) is 9.59 Å². The molecule has 24 heavy (non-hydrogen) atoms. The lowest BCUT2D eigenvalue weighted by Gasteiger charge is -2.14. The number of benzene rings is 1. The number of carbonyl (C=O) groups is 2. The first-order chi connectivity index (χ1) is 11.2. The van der Waals surface area contributed by atoms with Crippen LogP contribution in [0.2, 0.25) is 0 Å². The van der Waals surface area contributed by atoms with Crippen LogP contribution in [0, 0.1) is 0 Å². The van der Waals surface area contributed by atoms with Crippen molar-refractivity contribution in [3.05, 3.63) is 29.8 Å². The second kappa shape index (κ2) is 8.79. The fraction of sp³-hybridized carbons (Fsp3) is 0.500. The predicted molar refractivity (Wildman–Crippen MR) is 92.2 cm³/mol. The molecule has 1 rings (SSSR count). The molecule has 1 aromatic rings. The summed E-state index contributed by atoms with van der Waals surface area (Å²) in [6.07, 6.45) is 1.82. The average Bonchev–Trinajstić information content (AvgIpc) is 2.52. The van der Waals surface area contributed by atoms with E-state index < -0.39 is 15.9 Å². The third-order valence-corrected chi connectivity index (χ3v) is 5.22. The van der Waals surface area contributed by atoms with Crippen LogP contribution in [-0.4, -0.2) is 51.2 Å². The SMILES string of the molecule is CCCC(C)NC(=O)CNC(=O)c1cccc(S(=O)(=O)N(C)C)c1. The lowest BCUT2D eigenvalue weighted by molar-refractivity contribution is -0.120. The van der Waals surface area contributed by atoms with Crippen molar-refractivity contribution >= 4 is 21.8 Å². The van der Waals surface area contributed by atoms with Crippen molar-refractivity contribution in [3.8, 4) is 0 Å². The first-order valence-electron chi connectivity index (χ1n) is 7.78. The van der Waals surface area contributed by atoms with E-state index in [9.17, 15) is 18.0 Å². The molecule has 0 spiro atoms. The van der Waals surface area contributed by atoms with E-state index in [0.717, 1.165) is 17.1 Å². The first-order valence-corrected chi connectivity index (χ1v) is 9.22. The first kappa shape index (κ1) is 20.1. The van der Waals surface area contributed by atoms with Gasteiger partial charge in [-0.25, -0.2) is 12.7 Å². The van der Waals surface area contributed by atoms with Crippen LogP contribution in [0.1, 0.15) is 37.0 Å². The summed E-state index contributed by atoms with van der Waals surface area (Å²) in [5.41, 5.74) is 0.187. The maximum Gasteiger partial charge on any atom is 0.251 e. The molecule has 1 unspecified atom stereocenters. The van der Waals surface area contributed by atoms with Crippen LogP contribution in [0.15, 0.2) is 29.2 Å². The zero-order chi connectivity index (χ0) is 18.3. The number of hydrogen-bond donors (Lipinski definition) is 2. The molecule has 0 saturated carbocycles. The van der Waals surface area contributed by atoms with Crippen molar-refractivity contribution in [1.29, 1.82) is 0 Å². The zero-order valence-electron chi connectivity index (χ0n) is 14.5. The third-order valence-electron chi connectivity index (χ3n) is 3.41. The molecule has 8 heteroatoms. The van der Waals surface area contributed by atoms with Gasteiger partial charge in [0.1, 0.15) is 0 Å². The maximum atomic E-state index is 12.1. The molecule has 0 fully saturated rings. The number of nitrogens with one attached hydrogen (secondary N) is 2. The molecule has 1 atom stereocenters. The van der Waals surface area contributed by atoms with Crippen molar-refractivity contribution < 1.29 is 18.0 Å².